The lowest BCUT2D eigenvalue weighted by molar-refractivity contribution is -0.143. The van der Waals surface area contributed by atoms with Gasteiger partial charge >= 0.3 is 5.97 Å². The van der Waals surface area contributed by atoms with E-state index < -0.39 is 12.1 Å². The summed E-state index contributed by atoms with van der Waals surface area (Å²) in [5.74, 6) is -0.0385. The van der Waals surface area contributed by atoms with E-state index in [4.69, 9.17) is 4.74 Å². The van der Waals surface area contributed by atoms with Crippen LogP contribution in [0.25, 0.3) is 0 Å². The van der Waals surface area contributed by atoms with E-state index in [9.17, 15) is 19.8 Å². The molecule has 2 atom stereocenters. The third kappa shape index (κ3) is 79.1. The molecule has 0 saturated carbocycles. The van der Waals surface area contributed by atoms with Gasteiger partial charge in [0.05, 0.1) is 25.4 Å². The number of hydrogen-bond acceptors (Lipinski definition) is 5. The van der Waals surface area contributed by atoms with Crippen LogP contribution in [-0.4, -0.2) is 47.4 Å². The van der Waals surface area contributed by atoms with Crippen molar-refractivity contribution in [2.24, 2.45) is 0 Å². The first-order valence-electron chi connectivity index (χ1n) is 43.3. The Morgan fingerprint density at radius 1 is 0.287 bits per heavy atom. The van der Waals surface area contributed by atoms with Crippen molar-refractivity contribution >= 4 is 11.9 Å². The standard InChI is InChI=1S/C88H169NO5/c1-3-5-7-9-11-13-15-17-19-21-23-24-38-41-45-48-52-56-60-64-68-72-76-80-86(91)85(84-90)89-87(92)81-77-73-69-65-61-57-53-49-46-42-39-36-34-32-30-28-26-25-27-29-31-33-35-37-40-43-47-51-55-59-63-67-71-75-79-83-94-88(93)82-78-74-70-66-62-58-54-50-44-22-20-18-16-14-12-10-8-6-4-2/h18,20,27,29,76,80,85-86,90-91H,3-17,19,21-26,28,30-75,77-79,81-84H2,1-2H3,(H,89,92)/b20-18-,29-27-,80-76+. The highest BCUT2D eigenvalue weighted by molar-refractivity contribution is 5.76. The molecule has 94 heavy (non-hydrogen) atoms. The maximum atomic E-state index is 12.6. The van der Waals surface area contributed by atoms with E-state index in [0.717, 1.165) is 38.5 Å². The van der Waals surface area contributed by atoms with Crippen molar-refractivity contribution in [2.45, 2.75) is 501 Å². The van der Waals surface area contributed by atoms with Crippen molar-refractivity contribution < 1.29 is 24.5 Å². The summed E-state index contributed by atoms with van der Waals surface area (Å²) in [5.41, 5.74) is 0. The third-order valence-corrected chi connectivity index (χ3v) is 20.4. The average molecular weight is 1320 g/mol. The number of rotatable bonds is 82. The van der Waals surface area contributed by atoms with E-state index in [-0.39, 0.29) is 18.5 Å². The molecule has 0 aromatic heterocycles. The Kier molecular flexibility index (Phi) is 81.8. The summed E-state index contributed by atoms with van der Waals surface area (Å²) < 4.78 is 5.52. The van der Waals surface area contributed by atoms with Crippen molar-refractivity contribution in [3.63, 3.8) is 0 Å². The van der Waals surface area contributed by atoms with Crippen molar-refractivity contribution in [2.75, 3.05) is 13.2 Å². The average Bonchev–Trinajstić information content (AvgIpc) is 3.61. The molecule has 6 nitrogen and oxygen atoms in total. The molecular weight excluding hydrogens is 1150 g/mol. The molecule has 0 saturated heterocycles. The van der Waals surface area contributed by atoms with E-state index >= 15 is 0 Å². The van der Waals surface area contributed by atoms with Gasteiger partial charge in [0.25, 0.3) is 0 Å². The van der Waals surface area contributed by atoms with Gasteiger partial charge in [-0.05, 0) is 83.5 Å². The molecule has 0 aromatic rings. The Morgan fingerprint density at radius 3 is 0.755 bits per heavy atom. The quantitative estimate of drug-likeness (QED) is 0.0320. The molecule has 0 heterocycles. The number of aliphatic hydroxyl groups excluding tert-OH is 2. The Bertz CT molecular complexity index is 1520. The highest BCUT2D eigenvalue weighted by Crippen LogP contribution is 2.20. The summed E-state index contributed by atoms with van der Waals surface area (Å²) in [6.45, 7) is 4.96. The zero-order valence-electron chi connectivity index (χ0n) is 64.0. The molecule has 556 valence electrons. The molecule has 0 spiro atoms. The minimum atomic E-state index is -0.844. The van der Waals surface area contributed by atoms with Crippen LogP contribution in [0.2, 0.25) is 0 Å². The molecule has 0 rings (SSSR count). The summed E-state index contributed by atoms with van der Waals surface area (Å²) in [6, 6.07) is -0.627. The lowest BCUT2D eigenvalue weighted by Gasteiger charge is -2.20. The molecule has 0 bridgehead atoms. The number of hydrogen-bond donors (Lipinski definition) is 3. The van der Waals surface area contributed by atoms with E-state index in [1.807, 2.05) is 6.08 Å². The van der Waals surface area contributed by atoms with Crippen LogP contribution in [-0.2, 0) is 14.3 Å². The van der Waals surface area contributed by atoms with Crippen LogP contribution >= 0.6 is 0 Å². The molecule has 2 unspecified atom stereocenters. The van der Waals surface area contributed by atoms with Gasteiger partial charge in [0.2, 0.25) is 5.91 Å². The largest absolute Gasteiger partial charge is 0.466 e. The molecule has 0 aliphatic carbocycles. The van der Waals surface area contributed by atoms with Gasteiger partial charge in [0.15, 0.2) is 0 Å². The van der Waals surface area contributed by atoms with Crippen LogP contribution in [0.1, 0.15) is 489 Å². The maximum Gasteiger partial charge on any atom is 0.305 e. The van der Waals surface area contributed by atoms with Gasteiger partial charge in [0.1, 0.15) is 0 Å². The maximum absolute atomic E-state index is 12.6. The number of aliphatic hydroxyl groups is 2. The van der Waals surface area contributed by atoms with Gasteiger partial charge in [-0.1, -0.05) is 429 Å². The van der Waals surface area contributed by atoms with Crippen LogP contribution in [0.4, 0.5) is 0 Å². The van der Waals surface area contributed by atoms with E-state index in [1.165, 1.54) is 424 Å². The lowest BCUT2D eigenvalue weighted by Crippen LogP contribution is -2.45. The predicted octanol–water partition coefficient (Wildman–Crippen LogP) is 28.9. The molecule has 0 radical (unpaired) electrons. The number of amides is 1. The number of carbonyl (C=O) groups excluding carboxylic acids is 2. The SMILES string of the molecule is CCCCCCCC/C=C\CCCCCCCCCCCC(=O)OCCCCCCCCCCCCCCCC/C=C\CCCCCCCCCCCCCCCCCCCC(=O)NC(CO)C(O)/C=C/CCCCCCCCCCCCCCCCCCCCCCC. The fourth-order valence-electron chi connectivity index (χ4n) is 13.8. The molecule has 3 N–H and O–H groups in total. The van der Waals surface area contributed by atoms with Gasteiger partial charge in [-0.3, -0.25) is 9.59 Å². The van der Waals surface area contributed by atoms with Gasteiger partial charge in [-0.2, -0.15) is 0 Å². The Hall–Kier alpha value is -1.92. The second-order valence-corrected chi connectivity index (χ2v) is 29.9. The zero-order chi connectivity index (χ0) is 67.7. The van der Waals surface area contributed by atoms with Gasteiger partial charge in [-0.25, -0.2) is 0 Å². The number of carbonyl (C=O) groups is 2. The van der Waals surface area contributed by atoms with Crippen molar-refractivity contribution in [1.29, 1.82) is 0 Å². The van der Waals surface area contributed by atoms with Gasteiger partial charge in [0, 0.05) is 12.8 Å². The fraction of sp³-hybridized carbons (Fsp3) is 0.909. The first-order chi connectivity index (χ1) is 46.5. The van der Waals surface area contributed by atoms with Crippen LogP contribution < -0.4 is 5.32 Å². The minimum Gasteiger partial charge on any atom is -0.466 e. The normalized spacial score (nSPS) is 12.6. The molecule has 0 aliphatic heterocycles. The molecule has 0 aromatic carbocycles. The summed E-state index contributed by atoms with van der Waals surface area (Å²) in [6.07, 6.45) is 110. The van der Waals surface area contributed by atoms with E-state index in [2.05, 4.69) is 43.5 Å². The predicted molar refractivity (Wildman–Crippen MR) is 416 cm³/mol. The monoisotopic (exact) mass is 1320 g/mol. The summed E-state index contributed by atoms with van der Waals surface area (Å²) >= 11 is 0. The lowest BCUT2D eigenvalue weighted by atomic mass is 10.0. The summed E-state index contributed by atoms with van der Waals surface area (Å²) in [5, 5.41) is 23.3. The highest BCUT2D eigenvalue weighted by Gasteiger charge is 2.18. The fourth-order valence-corrected chi connectivity index (χ4v) is 13.8. The molecule has 0 fully saturated rings. The number of unbranched alkanes of at least 4 members (excludes halogenated alkanes) is 67. The summed E-state index contributed by atoms with van der Waals surface area (Å²) in [4.78, 5) is 24.7. The zero-order valence-corrected chi connectivity index (χ0v) is 64.0. The van der Waals surface area contributed by atoms with Gasteiger partial charge < -0.3 is 20.3 Å². The molecule has 6 heteroatoms. The summed E-state index contributed by atoms with van der Waals surface area (Å²) in [7, 11) is 0. The van der Waals surface area contributed by atoms with Crippen LogP contribution in [0.5, 0.6) is 0 Å². The minimum absolute atomic E-state index is 0.0206. The van der Waals surface area contributed by atoms with E-state index in [0.29, 0.717) is 19.4 Å². The number of nitrogens with one attached hydrogen (secondary N) is 1. The van der Waals surface area contributed by atoms with Crippen molar-refractivity contribution in [1.82, 2.24) is 5.32 Å². The van der Waals surface area contributed by atoms with Crippen molar-refractivity contribution in [3.8, 4) is 0 Å². The number of allylic oxidation sites excluding steroid dienone is 5. The number of esters is 1. The van der Waals surface area contributed by atoms with Crippen LogP contribution in [0.15, 0.2) is 36.5 Å². The molecule has 0 aliphatic rings. The first-order valence-corrected chi connectivity index (χ1v) is 43.3. The Labute approximate surface area is 589 Å². The van der Waals surface area contributed by atoms with Crippen LogP contribution in [0.3, 0.4) is 0 Å². The first kappa shape index (κ1) is 92.1. The Morgan fingerprint density at radius 2 is 0.500 bits per heavy atom. The molecule has 1 amide bonds. The Balaban J connectivity index is 3.35. The van der Waals surface area contributed by atoms with E-state index in [1.54, 1.807) is 6.08 Å². The number of ether oxygens (including phenoxy) is 1. The smallest absolute Gasteiger partial charge is 0.305 e. The third-order valence-electron chi connectivity index (χ3n) is 20.4. The second kappa shape index (κ2) is 83.5. The van der Waals surface area contributed by atoms with Crippen LogP contribution in [0, 0.1) is 0 Å². The molecular formula is C88H169NO5. The van der Waals surface area contributed by atoms with Gasteiger partial charge in [-0.15, -0.1) is 0 Å². The topological polar surface area (TPSA) is 95.9 Å². The van der Waals surface area contributed by atoms with Crippen molar-refractivity contribution in [3.05, 3.63) is 36.5 Å². The second-order valence-electron chi connectivity index (χ2n) is 29.9. The highest BCUT2D eigenvalue weighted by atomic mass is 16.5.